The Labute approximate surface area is 211 Å². The summed E-state index contributed by atoms with van der Waals surface area (Å²) in [5.41, 5.74) is 2.12. The number of hydrogen-bond acceptors (Lipinski definition) is 3. The Balaban J connectivity index is 1.94. The van der Waals surface area contributed by atoms with Crippen molar-refractivity contribution in [3.8, 4) is 5.75 Å². The van der Waals surface area contributed by atoms with E-state index in [9.17, 15) is 19.1 Å². The molecular formula is C22H19ClFI2NO4. The fourth-order valence-corrected chi connectivity index (χ4v) is 5.72. The van der Waals surface area contributed by atoms with Gasteiger partial charge in [-0.1, -0.05) is 30.3 Å². The molecule has 0 aromatic heterocycles. The molecule has 3 rings (SSSR count). The molecule has 0 saturated heterocycles. The number of alkyl halides is 1. The van der Waals surface area contributed by atoms with Crippen LogP contribution < -0.4 is 4.74 Å². The van der Waals surface area contributed by atoms with Crippen LogP contribution in [0.1, 0.15) is 23.1 Å². The quantitative estimate of drug-likeness (QED) is 0.189. The summed E-state index contributed by atoms with van der Waals surface area (Å²) in [4.78, 5) is 25.8. The number of ether oxygens (including phenoxy) is 1. The second-order valence-electron chi connectivity index (χ2n) is 6.92. The van der Waals surface area contributed by atoms with Gasteiger partial charge >= 0.3 is 5.97 Å². The summed E-state index contributed by atoms with van der Waals surface area (Å²) in [7, 11) is 0. The fourth-order valence-electron chi connectivity index (χ4n) is 3.33. The lowest BCUT2D eigenvalue weighted by atomic mass is 9.93. The minimum atomic E-state index is -1.17. The van der Waals surface area contributed by atoms with Gasteiger partial charge in [0.15, 0.2) is 5.83 Å². The second kappa shape index (κ2) is 11.0. The van der Waals surface area contributed by atoms with E-state index < -0.39 is 23.7 Å². The molecule has 0 spiro atoms. The van der Waals surface area contributed by atoms with E-state index in [0.717, 1.165) is 29.2 Å². The first-order chi connectivity index (χ1) is 14.8. The lowest BCUT2D eigenvalue weighted by molar-refractivity contribution is -0.150. The predicted octanol–water partition coefficient (Wildman–Crippen LogP) is 5.25. The number of carbonyl (C=O) groups excluding carboxylic acids is 1. The number of amides is 1. The molecule has 31 heavy (non-hydrogen) atoms. The number of rotatable bonds is 7. The van der Waals surface area contributed by atoms with E-state index in [1.165, 1.54) is 0 Å². The van der Waals surface area contributed by atoms with E-state index in [0.29, 0.717) is 30.2 Å². The summed E-state index contributed by atoms with van der Waals surface area (Å²) in [5.74, 6) is -1.96. The van der Waals surface area contributed by atoms with Crippen LogP contribution in [0, 0.1) is 7.14 Å². The number of carboxylic acids is 1. The number of carboxylic acid groups (broad SMARTS) is 1. The van der Waals surface area contributed by atoms with Crippen molar-refractivity contribution in [3.63, 3.8) is 0 Å². The molecule has 0 aliphatic carbocycles. The standard InChI is InChI=1S/C22H19ClFI2NO4/c23-7-4-8-31-20-17(25)10-14-11-18(22(29)30)27(12-15(14)19(20)26)21(28)16(24)9-13-5-2-1-3-6-13/h1-3,5-6,9-10,18H,4,7-8,11-12H2,(H,29,30)/b16-9-/t18-/m0/s1. The van der Waals surface area contributed by atoms with Gasteiger partial charge in [-0.15, -0.1) is 11.6 Å². The van der Waals surface area contributed by atoms with Gasteiger partial charge in [0.1, 0.15) is 11.8 Å². The van der Waals surface area contributed by atoms with Gasteiger partial charge in [-0.25, -0.2) is 9.18 Å². The molecular weight excluding hydrogens is 651 g/mol. The van der Waals surface area contributed by atoms with Crippen LogP contribution in [0.4, 0.5) is 4.39 Å². The Bertz CT molecular complexity index is 1020. The minimum Gasteiger partial charge on any atom is -0.491 e. The van der Waals surface area contributed by atoms with Crippen molar-refractivity contribution >= 4 is 74.7 Å². The van der Waals surface area contributed by atoms with Crippen LogP contribution in [0.5, 0.6) is 5.75 Å². The molecule has 1 amide bonds. The summed E-state index contributed by atoms with van der Waals surface area (Å²) in [6.45, 7) is 0.436. The molecule has 2 aromatic rings. The smallest absolute Gasteiger partial charge is 0.326 e. The van der Waals surface area contributed by atoms with Crippen molar-refractivity contribution in [2.75, 3.05) is 12.5 Å². The number of fused-ring (bicyclic) bond motifs is 1. The maximum Gasteiger partial charge on any atom is 0.326 e. The number of hydrogen-bond donors (Lipinski definition) is 1. The Kier molecular flexibility index (Phi) is 8.57. The van der Waals surface area contributed by atoms with E-state index in [-0.39, 0.29) is 13.0 Å². The number of aliphatic carboxylic acids is 1. The van der Waals surface area contributed by atoms with E-state index in [1.54, 1.807) is 30.3 Å². The predicted molar refractivity (Wildman–Crippen MR) is 134 cm³/mol. The average Bonchev–Trinajstić information content (AvgIpc) is 2.75. The molecule has 9 heteroatoms. The van der Waals surface area contributed by atoms with Crippen molar-refractivity contribution in [2.45, 2.75) is 25.4 Å². The zero-order valence-electron chi connectivity index (χ0n) is 16.3. The maximum atomic E-state index is 14.8. The van der Waals surface area contributed by atoms with Gasteiger partial charge in [-0.3, -0.25) is 4.79 Å². The average molecular weight is 670 g/mol. The third kappa shape index (κ3) is 5.70. The highest BCUT2D eigenvalue weighted by Crippen LogP contribution is 2.37. The first-order valence-electron chi connectivity index (χ1n) is 9.48. The first-order valence-corrected chi connectivity index (χ1v) is 12.2. The second-order valence-corrected chi connectivity index (χ2v) is 9.54. The Morgan fingerprint density at radius 1 is 1.29 bits per heavy atom. The maximum absolute atomic E-state index is 14.8. The lowest BCUT2D eigenvalue weighted by Crippen LogP contribution is -2.49. The van der Waals surface area contributed by atoms with Gasteiger partial charge < -0.3 is 14.7 Å². The Morgan fingerprint density at radius 2 is 2.00 bits per heavy atom. The monoisotopic (exact) mass is 669 g/mol. The summed E-state index contributed by atoms with van der Waals surface area (Å²) in [5, 5.41) is 9.71. The highest BCUT2D eigenvalue weighted by atomic mass is 127. The van der Waals surface area contributed by atoms with Gasteiger partial charge in [0, 0.05) is 18.8 Å². The Morgan fingerprint density at radius 3 is 2.65 bits per heavy atom. The van der Waals surface area contributed by atoms with Crippen LogP contribution in [-0.2, 0) is 22.6 Å². The first kappa shape index (κ1) is 24.2. The van der Waals surface area contributed by atoms with Crippen LogP contribution in [-0.4, -0.2) is 40.4 Å². The minimum absolute atomic E-state index is 0.0117. The van der Waals surface area contributed by atoms with E-state index >= 15 is 0 Å². The van der Waals surface area contributed by atoms with Crippen LogP contribution >= 0.6 is 56.8 Å². The molecule has 5 nitrogen and oxygen atoms in total. The van der Waals surface area contributed by atoms with E-state index in [1.807, 2.05) is 6.07 Å². The van der Waals surface area contributed by atoms with Crippen molar-refractivity contribution in [3.05, 3.63) is 66.1 Å². The normalized spacial score (nSPS) is 16.1. The summed E-state index contributed by atoms with van der Waals surface area (Å²) < 4.78 is 22.3. The van der Waals surface area contributed by atoms with E-state index in [4.69, 9.17) is 16.3 Å². The molecule has 1 aliphatic heterocycles. The van der Waals surface area contributed by atoms with Gasteiger partial charge in [-0.05, 0) is 80.4 Å². The third-order valence-corrected chi connectivity index (χ3v) is 7.06. The number of benzene rings is 2. The highest BCUT2D eigenvalue weighted by molar-refractivity contribution is 14.1. The zero-order valence-corrected chi connectivity index (χ0v) is 21.4. The van der Waals surface area contributed by atoms with Gasteiger partial charge in [-0.2, -0.15) is 0 Å². The lowest BCUT2D eigenvalue weighted by Gasteiger charge is -2.35. The molecule has 1 atom stereocenters. The van der Waals surface area contributed by atoms with Crippen molar-refractivity contribution in [1.82, 2.24) is 4.90 Å². The topological polar surface area (TPSA) is 66.8 Å². The van der Waals surface area contributed by atoms with E-state index in [2.05, 4.69) is 45.2 Å². The third-order valence-electron chi connectivity index (χ3n) is 4.86. The summed E-state index contributed by atoms with van der Waals surface area (Å²) in [6.07, 6.45) is 1.91. The molecule has 0 bridgehead atoms. The van der Waals surface area contributed by atoms with Crippen LogP contribution in [0.3, 0.4) is 0 Å². The van der Waals surface area contributed by atoms with Gasteiger partial charge in [0.2, 0.25) is 0 Å². The SMILES string of the molecule is O=C(O)[C@@H]1Cc2cc(I)c(OCCCCl)c(I)c2CN1C(=O)/C(F)=C/c1ccccc1. The molecule has 1 aliphatic rings. The molecule has 2 aromatic carbocycles. The van der Waals surface area contributed by atoms with Crippen molar-refractivity contribution in [2.24, 2.45) is 0 Å². The molecule has 0 fully saturated rings. The molecule has 164 valence electrons. The largest absolute Gasteiger partial charge is 0.491 e. The molecule has 1 heterocycles. The van der Waals surface area contributed by atoms with Crippen LogP contribution in [0.2, 0.25) is 0 Å². The van der Waals surface area contributed by atoms with Crippen molar-refractivity contribution in [1.29, 1.82) is 0 Å². The number of nitrogens with zero attached hydrogens (tertiary/aromatic N) is 1. The Hall–Kier alpha value is -1.40. The van der Waals surface area contributed by atoms with Gasteiger partial charge in [0.05, 0.1) is 13.7 Å². The molecule has 0 unspecified atom stereocenters. The summed E-state index contributed by atoms with van der Waals surface area (Å²) >= 11 is 10.0. The zero-order chi connectivity index (χ0) is 22.5. The van der Waals surface area contributed by atoms with Crippen LogP contribution in [0.25, 0.3) is 6.08 Å². The van der Waals surface area contributed by atoms with Gasteiger partial charge in [0.25, 0.3) is 5.91 Å². The highest BCUT2D eigenvalue weighted by Gasteiger charge is 2.37. The number of halogens is 4. The molecule has 0 radical (unpaired) electrons. The fraction of sp³-hybridized carbons (Fsp3) is 0.273. The van der Waals surface area contributed by atoms with Crippen molar-refractivity contribution < 1.29 is 23.8 Å². The molecule has 0 saturated carbocycles. The number of carbonyl (C=O) groups is 2. The summed E-state index contributed by atoms with van der Waals surface area (Å²) in [6, 6.07) is 9.32. The molecule has 1 N–H and O–H groups in total. The van der Waals surface area contributed by atoms with Crippen LogP contribution in [0.15, 0.2) is 42.2 Å².